The Balaban J connectivity index is 2.09. The van der Waals surface area contributed by atoms with Gasteiger partial charge in [0.05, 0.1) is 13.2 Å². The number of hydrogen-bond acceptors (Lipinski definition) is 5. The molecule has 1 atom stereocenters. The van der Waals surface area contributed by atoms with Crippen LogP contribution in [0.1, 0.15) is 19.4 Å². The van der Waals surface area contributed by atoms with Crippen LogP contribution >= 0.6 is 0 Å². The van der Waals surface area contributed by atoms with Gasteiger partial charge in [-0.2, -0.15) is 8.78 Å². The number of likely N-dealkylation sites (N-methyl/N-ethyl adjacent to an activating group) is 2. The van der Waals surface area contributed by atoms with Gasteiger partial charge in [0, 0.05) is 44.3 Å². The molecule has 0 bridgehead atoms. The minimum absolute atomic E-state index is 0.0394. The predicted octanol–water partition coefficient (Wildman–Crippen LogP) is 1.99. The number of hydrogen-bond donors (Lipinski definition) is 2. The predicted molar refractivity (Wildman–Crippen MR) is 111 cm³/mol. The Bertz CT molecular complexity index is 660. The van der Waals surface area contributed by atoms with Crippen LogP contribution in [0.25, 0.3) is 0 Å². The fourth-order valence-corrected chi connectivity index (χ4v) is 3.22. The van der Waals surface area contributed by atoms with Crippen molar-refractivity contribution in [3.8, 4) is 11.5 Å². The summed E-state index contributed by atoms with van der Waals surface area (Å²) in [6, 6.07) is 5.46. The average molecular weight is 414 g/mol. The highest BCUT2D eigenvalue weighted by Crippen LogP contribution is 2.33. The van der Waals surface area contributed by atoms with E-state index < -0.39 is 6.61 Å². The summed E-state index contributed by atoms with van der Waals surface area (Å²) >= 11 is 0. The van der Waals surface area contributed by atoms with E-state index in [1.54, 1.807) is 25.1 Å². The zero-order chi connectivity index (χ0) is 21.2. The van der Waals surface area contributed by atoms with Gasteiger partial charge >= 0.3 is 6.61 Å². The lowest BCUT2D eigenvalue weighted by molar-refractivity contribution is -0.0520. The van der Waals surface area contributed by atoms with Crippen molar-refractivity contribution in [3.05, 3.63) is 23.8 Å². The maximum absolute atomic E-state index is 12.9. The maximum atomic E-state index is 12.9. The van der Waals surface area contributed by atoms with Crippen molar-refractivity contribution >= 4 is 5.96 Å². The molecule has 0 spiro atoms. The molecule has 1 fully saturated rings. The highest BCUT2D eigenvalue weighted by Gasteiger charge is 2.22. The quantitative estimate of drug-likeness (QED) is 0.477. The summed E-state index contributed by atoms with van der Waals surface area (Å²) in [6.07, 6.45) is 0. The monoisotopic (exact) mass is 413 g/mol. The molecule has 29 heavy (non-hydrogen) atoms. The summed E-state index contributed by atoms with van der Waals surface area (Å²) in [5.74, 6) is 0.974. The van der Waals surface area contributed by atoms with Crippen molar-refractivity contribution in [3.63, 3.8) is 0 Å². The highest BCUT2D eigenvalue weighted by molar-refractivity contribution is 5.79. The van der Waals surface area contributed by atoms with Crippen LogP contribution in [0.4, 0.5) is 8.78 Å². The van der Waals surface area contributed by atoms with Crippen LogP contribution < -0.4 is 20.1 Å². The summed E-state index contributed by atoms with van der Waals surface area (Å²) in [4.78, 5) is 9.20. The number of halogens is 2. The first-order valence-electron chi connectivity index (χ1n) is 10.0. The number of piperazine rings is 1. The molecule has 2 rings (SSSR count). The molecule has 7 nitrogen and oxygen atoms in total. The average Bonchev–Trinajstić information content (AvgIpc) is 2.68. The molecule has 0 radical (unpaired) electrons. The Labute approximate surface area is 172 Å². The Morgan fingerprint density at radius 2 is 2.03 bits per heavy atom. The smallest absolute Gasteiger partial charge is 0.387 e. The van der Waals surface area contributed by atoms with Gasteiger partial charge in [-0.25, -0.2) is 4.99 Å². The van der Waals surface area contributed by atoms with Crippen LogP contribution in [0.5, 0.6) is 11.5 Å². The van der Waals surface area contributed by atoms with Crippen LogP contribution in [0, 0.1) is 0 Å². The van der Waals surface area contributed by atoms with E-state index in [-0.39, 0.29) is 12.3 Å². The Hall–Kier alpha value is -2.13. The fraction of sp³-hybridized carbons (Fsp3) is 0.650. The van der Waals surface area contributed by atoms with Crippen molar-refractivity contribution in [1.82, 2.24) is 20.4 Å². The van der Waals surface area contributed by atoms with Crippen LogP contribution in [0.15, 0.2) is 23.2 Å². The van der Waals surface area contributed by atoms with Crippen molar-refractivity contribution in [1.29, 1.82) is 0 Å². The first-order valence-corrected chi connectivity index (χ1v) is 10.0. The molecule has 0 aliphatic carbocycles. The number of aliphatic imine (C=N–C) groups is 1. The summed E-state index contributed by atoms with van der Waals surface area (Å²) in [5, 5.41) is 6.57. The number of alkyl halides is 2. The van der Waals surface area contributed by atoms with E-state index in [4.69, 9.17) is 9.47 Å². The van der Waals surface area contributed by atoms with Crippen LogP contribution in [-0.4, -0.2) is 81.8 Å². The van der Waals surface area contributed by atoms with Gasteiger partial charge < -0.3 is 25.0 Å². The van der Waals surface area contributed by atoms with Crippen LogP contribution in [0.2, 0.25) is 0 Å². The molecule has 2 N–H and O–H groups in total. The molecule has 1 aliphatic rings. The number of nitrogens with one attached hydrogen (secondary N) is 2. The lowest BCUT2D eigenvalue weighted by atomic mass is 10.2. The molecule has 1 heterocycles. The fourth-order valence-electron chi connectivity index (χ4n) is 3.22. The second kappa shape index (κ2) is 11.8. The zero-order valence-electron chi connectivity index (χ0n) is 17.8. The molecule has 0 saturated carbocycles. The SMILES string of the molecule is CCNC(=NCc1cccc(OCC)c1OC(F)F)NCC1CN(C)CCN1C. The van der Waals surface area contributed by atoms with E-state index in [1.165, 1.54) is 0 Å². The number of guanidine groups is 1. The van der Waals surface area contributed by atoms with E-state index in [2.05, 4.69) is 39.5 Å². The molecule has 0 amide bonds. The molecular formula is C20H33F2N5O2. The van der Waals surface area contributed by atoms with Gasteiger partial charge in [0.2, 0.25) is 0 Å². The first kappa shape index (κ1) is 23.2. The van der Waals surface area contributed by atoms with E-state index in [0.29, 0.717) is 36.5 Å². The van der Waals surface area contributed by atoms with E-state index >= 15 is 0 Å². The van der Waals surface area contributed by atoms with Crippen molar-refractivity contribution < 1.29 is 18.3 Å². The van der Waals surface area contributed by atoms with Gasteiger partial charge in [-0.3, -0.25) is 4.90 Å². The third kappa shape index (κ3) is 7.32. The van der Waals surface area contributed by atoms with E-state index in [0.717, 1.165) is 26.2 Å². The second-order valence-electron chi connectivity index (χ2n) is 7.03. The number of rotatable bonds is 9. The van der Waals surface area contributed by atoms with Gasteiger partial charge in [-0.1, -0.05) is 12.1 Å². The van der Waals surface area contributed by atoms with Crippen molar-refractivity contribution in [2.75, 3.05) is 53.4 Å². The minimum atomic E-state index is -2.93. The molecular weight excluding hydrogens is 380 g/mol. The van der Waals surface area contributed by atoms with E-state index in [1.807, 2.05) is 6.92 Å². The normalized spacial score (nSPS) is 18.7. The lowest BCUT2D eigenvalue weighted by Gasteiger charge is -2.37. The lowest BCUT2D eigenvalue weighted by Crippen LogP contribution is -2.55. The molecule has 1 unspecified atom stereocenters. The Morgan fingerprint density at radius 1 is 1.24 bits per heavy atom. The molecule has 164 valence electrons. The van der Waals surface area contributed by atoms with Crippen molar-refractivity contribution in [2.45, 2.75) is 33.0 Å². The summed E-state index contributed by atoms with van der Waals surface area (Å²) in [7, 11) is 4.24. The molecule has 0 aromatic heterocycles. The van der Waals surface area contributed by atoms with Crippen molar-refractivity contribution in [2.24, 2.45) is 4.99 Å². The largest absolute Gasteiger partial charge is 0.490 e. The zero-order valence-corrected chi connectivity index (χ0v) is 17.8. The van der Waals surface area contributed by atoms with Crippen LogP contribution in [-0.2, 0) is 6.54 Å². The van der Waals surface area contributed by atoms with Gasteiger partial charge in [-0.05, 0) is 34.0 Å². The number of ether oxygens (including phenoxy) is 2. The molecule has 1 aromatic rings. The standard InChI is InChI=1S/C20H33F2N5O2/c1-5-23-20(25-13-16-14-26(3)10-11-27(16)4)24-12-15-8-7-9-17(28-6-2)18(15)29-19(21)22/h7-9,16,19H,5-6,10-14H2,1-4H3,(H2,23,24,25). The molecule has 9 heteroatoms. The third-order valence-corrected chi connectivity index (χ3v) is 4.80. The van der Waals surface area contributed by atoms with Gasteiger partial charge in [0.15, 0.2) is 17.5 Å². The molecule has 1 saturated heterocycles. The van der Waals surface area contributed by atoms with Gasteiger partial charge in [0.1, 0.15) is 0 Å². The summed E-state index contributed by atoms with van der Waals surface area (Å²) < 4.78 is 35.9. The first-order chi connectivity index (χ1) is 13.9. The van der Waals surface area contributed by atoms with E-state index in [9.17, 15) is 8.78 Å². The molecule has 1 aromatic carbocycles. The Morgan fingerprint density at radius 3 is 2.72 bits per heavy atom. The minimum Gasteiger partial charge on any atom is -0.490 e. The van der Waals surface area contributed by atoms with Gasteiger partial charge in [-0.15, -0.1) is 0 Å². The number of para-hydroxylation sites is 1. The number of benzene rings is 1. The highest BCUT2D eigenvalue weighted by atomic mass is 19.3. The summed E-state index contributed by atoms with van der Waals surface area (Å²) in [5.41, 5.74) is 0.544. The third-order valence-electron chi connectivity index (χ3n) is 4.80. The topological polar surface area (TPSA) is 61.4 Å². The number of nitrogens with zero attached hydrogens (tertiary/aromatic N) is 3. The van der Waals surface area contributed by atoms with Crippen LogP contribution in [0.3, 0.4) is 0 Å². The summed E-state index contributed by atoms with van der Waals surface area (Å²) in [6.45, 7) is 5.91. The molecule has 1 aliphatic heterocycles. The second-order valence-corrected chi connectivity index (χ2v) is 7.03. The maximum Gasteiger partial charge on any atom is 0.387 e. The Kier molecular flexibility index (Phi) is 9.40. The van der Waals surface area contributed by atoms with Gasteiger partial charge in [0.25, 0.3) is 0 Å².